The summed E-state index contributed by atoms with van der Waals surface area (Å²) >= 11 is 0. The van der Waals surface area contributed by atoms with Gasteiger partial charge in [-0.3, -0.25) is 29.3 Å². The predicted octanol–water partition coefficient (Wildman–Crippen LogP) is 14.8. The number of pyridine rings is 3. The first kappa shape index (κ1) is 78.9. The zero-order chi connectivity index (χ0) is 80.1. The Morgan fingerprint density at radius 1 is 0.429 bits per heavy atom. The SMILES string of the molecule is CC(C)[Si](Oc1c2c(c(Cc3nn[nH]n3)c3cc(Cc4ccc(F)cc4)cnc13)CN(C)C2=O)(C(C)C)C(C)C.CC(C)[Si](Oc1c2c(c(Cc3nnnn3C)c3cc(Cc4ccc(F)cc4)cnc13)CN(C)C2=O)(C(C)C)C(C)C.CN1Cc2c(c(O)c3ncc(Cc4ccc(F)cc4)cc3c2Cc2nnnn2C)C1=O. The molecular weight excluding hydrogens is 1460 g/mol. The molecule has 0 radical (unpaired) electrons. The number of H-pyrrole nitrogens is 1. The molecule has 112 heavy (non-hydrogen) atoms. The third-order valence-corrected chi connectivity index (χ3v) is 34.7. The van der Waals surface area contributed by atoms with Gasteiger partial charge in [0, 0.05) is 109 Å². The normalized spacial score (nSPS) is 13.6. The summed E-state index contributed by atoms with van der Waals surface area (Å²) < 4.78 is 58.1. The number of rotatable bonds is 22. The van der Waals surface area contributed by atoms with Crippen LogP contribution >= 0.6 is 0 Å². The standard InChI is InChI=1S/C31H39FN6O2Si.C30H37FN6O2Si.C22H19FN6O2/c1-18(2)41(19(3)4,20(5)6)40-30-28-26(17-37(7)31(28)39)24(15-27-34-35-36-38(27)8)25-14-22(16-33-29(25)30)13-21-9-11-23(32)12-10-21;1-17(2)40(18(3)4,19(5)6)39-29-27-25(16-37(7)30(27)38)23(14-26-33-35-36-34-26)24-13-21(15-32-28(24)29)12-20-8-10-22(31)11-9-20;1-28-11-17-15(9-18-25-26-27-29(18)2)16-8-13(7-12-3-5-14(23)6-4-12)10-24-20(16)21(30)19(17)22(28)31/h9-12,14,16,18-20H,13,15,17H2,1-8H3;8-11,13,15,17-19H,12,14,16H2,1-7H3,(H,33,34,35,36);3-6,8,10,30H,7,9,11H2,1-2H3. The lowest BCUT2D eigenvalue weighted by Gasteiger charge is -2.42. The van der Waals surface area contributed by atoms with Crippen LogP contribution in [0.4, 0.5) is 13.2 Å². The number of tetrazole rings is 3. The average Bonchev–Trinajstić information content (AvgIpc) is 1.63. The summed E-state index contributed by atoms with van der Waals surface area (Å²) in [5, 5.41) is 52.0. The largest absolute Gasteiger partial charge is 0.541 e. The Morgan fingerprint density at radius 3 is 1.07 bits per heavy atom. The van der Waals surface area contributed by atoms with Crippen LogP contribution in [-0.2, 0) is 72.3 Å². The van der Waals surface area contributed by atoms with Crippen molar-refractivity contribution in [2.24, 2.45) is 14.1 Å². The Bertz CT molecular complexity index is 5500. The molecule has 3 amide bonds. The van der Waals surface area contributed by atoms with Crippen LogP contribution in [0, 0.1) is 17.5 Å². The summed E-state index contributed by atoms with van der Waals surface area (Å²) in [7, 11) is 4.07. The number of aromatic hydroxyl groups is 1. The van der Waals surface area contributed by atoms with E-state index in [0.717, 1.165) is 82.9 Å². The van der Waals surface area contributed by atoms with Crippen molar-refractivity contribution in [1.82, 2.24) is 90.7 Å². The Hall–Kier alpha value is -11.2. The monoisotopic (exact) mass is 1550 g/mol. The number of carbonyl (C=O) groups excluding carboxylic acids is 3. The molecule has 0 saturated heterocycles. The van der Waals surface area contributed by atoms with Crippen molar-refractivity contribution in [3.8, 4) is 17.2 Å². The first-order valence-corrected chi connectivity index (χ1v) is 42.3. The number of amides is 3. The van der Waals surface area contributed by atoms with Gasteiger partial charge in [-0.1, -0.05) is 125 Å². The number of nitrogens with one attached hydrogen (secondary N) is 1. The fraction of sp³-hybridized carbons (Fsp3) is 0.386. The van der Waals surface area contributed by atoms with E-state index in [1.807, 2.05) is 39.6 Å². The highest BCUT2D eigenvalue weighted by atomic mass is 28.4. The summed E-state index contributed by atoms with van der Waals surface area (Å²) in [6.45, 7) is 28.2. The maximum atomic E-state index is 13.8. The molecule has 6 aromatic carbocycles. The molecule has 15 rings (SSSR count). The number of halogens is 3. The van der Waals surface area contributed by atoms with Crippen molar-refractivity contribution in [2.75, 3.05) is 21.1 Å². The molecule has 0 saturated carbocycles. The summed E-state index contributed by atoms with van der Waals surface area (Å²) in [5.41, 5.74) is 16.5. The third kappa shape index (κ3) is 15.0. The number of benzene rings is 6. The zero-order valence-corrected chi connectivity index (χ0v) is 68.4. The van der Waals surface area contributed by atoms with Crippen LogP contribution in [0.25, 0.3) is 32.7 Å². The molecule has 0 spiro atoms. The summed E-state index contributed by atoms with van der Waals surface area (Å²) in [6.07, 6.45) is 8.38. The minimum atomic E-state index is -2.43. The van der Waals surface area contributed by atoms with Crippen molar-refractivity contribution in [2.45, 2.75) is 174 Å². The van der Waals surface area contributed by atoms with E-state index in [0.29, 0.717) is 154 Å². The van der Waals surface area contributed by atoms with E-state index < -0.39 is 16.6 Å². The highest BCUT2D eigenvalue weighted by Crippen LogP contribution is 2.51. The van der Waals surface area contributed by atoms with Gasteiger partial charge >= 0.3 is 0 Å². The second-order valence-electron chi connectivity index (χ2n) is 31.8. The van der Waals surface area contributed by atoms with Crippen LogP contribution in [0.5, 0.6) is 17.2 Å². The molecule has 582 valence electrons. The second kappa shape index (κ2) is 31.9. The lowest BCUT2D eigenvalue weighted by Crippen LogP contribution is -2.51. The van der Waals surface area contributed by atoms with Crippen LogP contribution < -0.4 is 8.85 Å². The van der Waals surface area contributed by atoms with Gasteiger partial charge in [0.25, 0.3) is 34.4 Å². The van der Waals surface area contributed by atoms with Gasteiger partial charge in [0.1, 0.15) is 45.5 Å². The highest BCUT2D eigenvalue weighted by molar-refractivity contribution is 6.79. The van der Waals surface area contributed by atoms with Gasteiger partial charge in [0.15, 0.2) is 23.2 Å². The predicted molar refractivity (Wildman–Crippen MR) is 425 cm³/mol. The molecule has 29 heteroatoms. The zero-order valence-electron chi connectivity index (χ0n) is 66.4. The van der Waals surface area contributed by atoms with Crippen LogP contribution in [0.1, 0.15) is 198 Å². The molecule has 2 N–H and O–H groups in total. The van der Waals surface area contributed by atoms with E-state index in [4.69, 9.17) is 18.8 Å². The first-order valence-electron chi connectivity index (χ1n) is 38.0. The van der Waals surface area contributed by atoms with Gasteiger partial charge in [-0.15, -0.1) is 20.4 Å². The number of phenolic OH excluding ortho intramolecular Hbond substituents is 1. The van der Waals surface area contributed by atoms with E-state index in [9.17, 15) is 32.7 Å². The molecule has 12 aromatic rings. The lowest BCUT2D eigenvalue weighted by molar-refractivity contribution is 0.0807. The first-order chi connectivity index (χ1) is 53.4. The van der Waals surface area contributed by atoms with Crippen molar-refractivity contribution < 1.29 is 41.5 Å². The fourth-order valence-electron chi connectivity index (χ4n) is 17.4. The van der Waals surface area contributed by atoms with Gasteiger partial charge < -0.3 is 28.7 Å². The maximum absolute atomic E-state index is 13.8. The number of phenols is 1. The van der Waals surface area contributed by atoms with Crippen molar-refractivity contribution in [1.29, 1.82) is 0 Å². The Kier molecular flexibility index (Phi) is 22.5. The van der Waals surface area contributed by atoms with Gasteiger partial charge in [-0.2, -0.15) is 5.21 Å². The van der Waals surface area contributed by atoms with E-state index >= 15 is 0 Å². The molecule has 0 aliphatic carbocycles. The highest BCUT2D eigenvalue weighted by Gasteiger charge is 2.51. The van der Waals surface area contributed by atoms with Crippen LogP contribution in [-0.4, -0.2) is 151 Å². The van der Waals surface area contributed by atoms with E-state index in [1.165, 1.54) is 36.4 Å². The van der Waals surface area contributed by atoms with E-state index in [-0.39, 0.29) is 40.9 Å². The van der Waals surface area contributed by atoms with Crippen molar-refractivity contribution in [3.63, 3.8) is 0 Å². The third-order valence-electron chi connectivity index (χ3n) is 22.8. The van der Waals surface area contributed by atoms with Crippen LogP contribution in [0.15, 0.2) is 110 Å². The summed E-state index contributed by atoms with van der Waals surface area (Å²) in [4.78, 5) is 59.7. The van der Waals surface area contributed by atoms with Gasteiger partial charge in [-0.05, 0) is 195 Å². The fourth-order valence-corrected chi connectivity index (χ4v) is 27.9. The Morgan fingerprint density at radius 2 is 0.750 bits per heavy atom. The van der Waals surface area contributed by atoms with E-state index in [2.05, 4.69) is 152 Å². The number of hydrogen-bond acceptors (Lipinski definition) is 18. The second-order valence-corrected chi connectivity index (χ2v) is 42.5. The molecule has 6 aromatic heterocycles. The van der Waals surface area contributed by atoms with Crippen LogP contribution in [0.3, 0.4) is 0 Å². The number of hydrogen-bond donors (Lipinski definition) is 2. The Labute approximate surface area is 650 Å². The van der Waals surface area contributed by atoms with Crippen molar-refractivity contribution >= 4 is 67.1 Å². The number of carbonyl (C=O) groups is 3. The number of aryl methyl sites for hydroxylation is 2. The maximum Gasteiger partial charge on any atom is 0.258 e. The number of aromatic amines is 1. The van der Waals surface area contributed by atoms with Crippen molar-refractivity contribution in [3.05, 3.63) is 228 Å². The molecule has 0 bridgehead atoms. The molecule has 3 aliphatic rings. The summed E-state index contributed by atoms with van der Waals surface area (Å²) in [5.74, 6) is 1.84. The van der Waals surface area contributed by atoms with Gasteiger partial charge in [0.05, 0.1) is 16.7 Å². The molecular formula is C83H95F3N18O6Si2. The topological polar surface area (TPSA) is 280 Å². The van der Waals surface area contributed by atoms with Gasteiger partial charge in [-0.25, -0.2) is 22.5 Å². The molecule has 0 atom stereocenters. The van der Waals surface area contributed by atoms with Crippen LogP contribution in [0.2, 0.25) is 33.2 Å². The number of fused-ring (bicyclic) bond motifs is 6. The minimum Gasteiger partial charge on any atom is -0.541 e. The minimum absolute atomic E-state index is 0.0504. The number of nitrogens with zero attached hydrogens (tertiary/aromatic N) is 17. The smallest absolute Gasteiger partial charge is 0.258 e. The lowest BCUT2D eigenvalue weighted by atomic mass is 9.93. The molecule has 0 fully saturated rings. The summed E-state index contributed by atoms with van der Waals surface area (Å²) in [6, 6.07) is 25.6. The number of aromatic nitrogens is 15. The Balaban J connectivity index is 0.000000149. The van der Waals surface area contributed by atoms with E-state index in [1.54, 1.807) is 80.8 Å². The molecule has 24 nitrogen and oxygen atoms in total. The molecule has 0 unspecified atom stereocenters. The van der Waals surface area contributed by atoms with Gasteiger partial charge in [0.2, 0.25) is 0 Å². The average molecular weight is 1550 g/mol. The molecule has 9 heterocycles. The quantitative estimate of drug-likeness (QED) is 0.0596. The molecule has 3 aliphatic heterocycles.